The van der Waals surface area contributed by atoms with Crippen LogP contribution in [-0.2, 0) is 16.4 Å². The van der Waals surface area contributed by atoms with Crippen LogP contribution in [0, 0.1) is 0 Å². The summed E-state index contributed by atoms with van der Waals surface area (Å²) in [7, 11) is -1.40. The van der Waals surface area contributed by atoms with Gasteiger partial charge < -0.3 is 5.32 Å². The van der Waals surface area contributed by atoms with Crippen molar-refractivity contribution in [1.82, 2.24) is 9.62 Å². The molecule has 0 unspecified atom stereocenters. The molecule has 19 heavy (non-hydrogen) atoms. The molecule has 7 heteroatoms. The highest BCUT2D eigenvalue weighted by molar-refractivity contribution is 7.89. The van der Waals surface area contributed by atoms with Crippen molar-refractivity contribution in [2.45, 2.75) is 25.3 Å². The van der Waals surface area contributed by atoms with Crippen LogP contribution in [-0.4, -0.2) is 44.7 Å². The van der Waals surface area contributed by atoms with Gasteiger partial charge in [-0.3, -0.25) is 0 Å². The molecule has 4 nitrogen and oxygen atoms in total. The lowest BCUT2D eigenvalue weighted by atomic mass is 10.1. The number of rotatable bonds is 5. The molecule has 1 aromatic rings. The number of nitrogens with one attached hydrogen (secondary N) is 1. The SMILES string of the molecule is CN(C1CCNCC1)S(=O)(=O)CCc1cccs1.Cl. The largest absolute Gasteiger partial charge is 0.317 e. The molecular formula is C12H21ClN2O2S2. The van der Waals surface area contributed by atoms with Crippen LogP contribution in [0.15, 0.2) is 17.5 Å². The Kier molecular flexibility index (Phi) is 6.76. The molecule has 0 saturated carbocycles. The first-order valence-electron chi connectivity index (χ1n) is 6.28. The van der Waals surface area contributed by atoms with Crippen molar-refractivity contribution in [3.05, 3.63) is 22.4 Å². The van der Waals surface area contributed by atoms with E-state index >= 15 is 0 Å². The molecule has 1 aromatic heterocycles. The molecule has 1 fully saturated rings. The highest BCUT2D eigenvalue weighted by atomic mass is 35.5. The maximum Gasteiger partial charge on any atom is 0.214 e. The average molecular weight is 325 g/mol. The number of halogens is 1. The monoisotopic (exact) mass is 324 g/mol. The van der Waals surface area contributed by atoms with Gasteiger partial charge in [0.2, 0.25) is 10.0 Å². The number of nitrogens with zero attached hydrogens (tertiary/aromatic N) is 1. The van der Waals surface area contributed by atoms with Crippen molar-refractivity contribution in [2.24, 2.45) is 0 Å². The van der Waals surface area contributed by atoms with Crippen molar-refractivity contribution in [1.29, 1.82) is 0 Å². The standard InChI is InChI=1S/C12H20N2O2S2.ClH/c1-14(11-4-7-13-8-5-11)18(15,16)10-6-12-3-2-9-17-12;/h2-3,9,11,13H,4-8,10H2,1H3;1H. The van der Waals surface area contributed by atoms with Gasteiger partial charge >= 0.3 is 0 Å². The topological polar surface area (TPSA) is 49.4 Å². The molecule has 1 aliphatic heterocycles. The van der Waals surface area contributed by atoms with E-state index in [4.69, 9.17) is 0 Å². The number of aryl methyl sites for hydroxylation is 1. The van der Waals surface area contributed by atoms with Crippen LogP contribution in [0.2, 0.25) is 0 Å². The third-order valence-electron chi connectivity index (χ3n) is 3.45. The molecule has 0 bridgehead atoms. The minimum Gasteiger partial charge on any atom is -0.317 e. The summed E-state index contributed by atoms with van der Waals surface area (Å²) < 4.78 is 26.1. The molecule has 110 valence electrons. The van der Waals surface area contributed by atoms with Gasteiger partial charge in [-0.2, -0.15) is 0 Å². The van der Waals surface area contributed by atoms with E-state index in [0.29, 0.717) is 6.42 Å². The Labute approximate surface area is 125 Å². The van der Waals surface area contributed by atoms with Crippen LogP contribution in [0.5, 0.6) is 0 Å². The van der Waals surface area contributed by atoms with E-state index < -0.39 is 10.0 Å². The predicted molar refractivity (Wildman–Crippen MR) is 82.7 cm³/mol. The second-order valence-corrected chi connectivity index (χ2v) is 7.82. The van der Waals surface area contributed by atoms with Gasteiger partial charge in [-0.1, -0.05) is 6.07 Å². The zero-order chi connectivity index (χ0) is 13.0. The van der Waals surface area contributed by atoms with E-state index in [2.05, 4.69) is 5.32 Å². The van der Waals surface area contributed by atoms with Crippen molar-refractivity contribution < 1.29 is 8.42 Å². The molecule has 2 heterocycles. The lowest BCUT2D eigenvalue weighted by Crippen LogP contribution is -2.44. The minimum atomic E-state index is -3.12. The van der Waals surface area contributed by atoms with E-state index in [9.17, 15) is 8.42 Å². The van der Waals surface area contributed by atoms with Crippen LogP contribution in [0.1, 0.15) is 17.7 Å². The van der Waals surface area contributed by atoms with Gasteiger partial charge in [0.15, 0.2) is 0 Å². The van der Waals surface area contributed by atoms with E-state index in [-0.39, 0.29) is 24.2 Å². The van der Waals surface area contributed by atoms with Crippen LogP contribution < -0.4 is 5.32 Å². The van der Waals surface area contributed by atoms with E-state index in [1.807, 2.05) is 17.5 Å². The molecule has 0 aliphatic carbocycles. The van der Waals surface area contributed by atoms with E-state index in [1.165, 1.54) is 0 Å². The van der Waals surface area contributed by atoms with Crippen molar-refractivity contribution >= 4 is 33.8 Å². The highest BCUT2D eigenvalue weighted by Gasteiger charge is 2.27. The van der Waals surface area contributed by atoms with Crippen molar-refractivity contribution in [3.63, 3.8) is 0 Å². The number of sulfonamides is 1. The third kappa shape index (κ3) is 4.72. The van der Waals surface area contributed by atoms with Gasteiger partial charge in [0, 0.05) is 18.0 Å². The highest BCUT2D eigenvalue weighted by Crippen LogP contribution is 2.16. The molecule has 0 spiro atoms. The third-order valence-corrected chi connectivity index (χ3v) is 6.28. The predicted octanol–water partition coefficient (Wildman–Crippen LogP) is 1.73. The lowest BCUT2D eigenvalue weighted by Gasteiger charge is -2.30. The molecule has 0 amide bonds. The summed E-state index contributed by atoms with van der Waals surface area (Å²) in [5.74, 6) is 0.216. The molecule has 0 radical (unpaired) electrons. The Morgan fingerprint density at radius 3 is 2.68 bits per heavy atom. The molecule has 2 rings (SSSR count). The number of thiophene rings is 1. The average Bonchev–Trinajstić information content (AvgIpc) is 2.90. The van der Waals surface area contributed by atoms with Crippen molar-refractivity contribution in [2.75, 3.05) is 25.9 Å². The normalized spacial score (nSPS) is 17.4. The molecule has 0 atom stereocenters. The summed E-state index contributed by atoms with van der Waals surface area (Å²) in [4.78, 5) is 1.14. The summed E-state index contributed by atoms with van der Waals surface area (Å²) in [5, 5.41) is 5.24. The second kappa shape index (κ2) is 7.59. The minimum absolute atomic E-state index is 0. The van der Waals surface area contributed by atoms with Crippen LogP contribution in [0.4, 0.5) is 0 Å². The number of hydrogen-bond donors (Lipinski definition) is 1. The fourth-order valence-corrected chi connectivity index (χ4v) is 4.49. The van der Waals surface area contributed by atoms with Gasteiger partial charge in [-0.05, 0) is 43.8 Å². The summed E-state index contributed by atoms with van der Waals surface area (Å²) in [5.41, 5.74) is 0. The van der Waals surface area contributed by atoms with Crippen LogP contribution >= 0.6 is 23.7 Å². The number of hydrogen-bond acceptors (Lipinski definition) is 4. The van der Waals surface area contributed by atoms with E-state index in [1.54, 1.807) is 22.7 Å². The summed E-state index contributed by atoms with van der Waals surface area (Å²) in [6.45, 7) is 1.82. The summed E-state index contributed by atoms with van der Waals surface area (Å²) in [6.07, 6.45) is 2.44. The fraction of sp³-hybridized carbons (Fsp3) is 0.667. The van der Waals surface area contributed by atoms with Gasteiger partial charge in [0.05, 0.1) is 5.75 Å². The zero-order valence-corrected chi connectivity index (χ0v) is 13.5. The Hall–Kier alpha value is -0.140. The van der Waals surface area contributed by atoms with Gasteiger partial charge in [-0.25, -0.2) is 12.7 Å². The summed E-state index contributed by atoms with van der Waals surface area (Å²) >= 11 is 1.62. The Morgan fingerprint density at radius 1 is 1.42 bits per heavy atom. The molecular weight excluding hydrogens is 304 g/mol. The fourth-order valence-electron chi connectivity index (χ4n) is 2.23. The zero-order valence-electron chi connectivity index (χ0n) is 11.0. The van der Waals surface area contributed by atoms with Crippen molar-refractivity contribution in [3.8, 4) is 0 Å². The van der Waals surface area contributed by atoms with Crippen LogP contribution in [0.3, 0.4) is 0 Å². The lowest BCUT2D eigenvalue weighted by molar-refractivity contribution is 0.296. The van der Waals surface area contributed by atoms with Crippen LogP contribution in [0.25, 0.3) is 0 Å². The first-order valence-corrected chi connectivity index (χ1v) is 8.77. The molecule has 1 aliphatic rings. The smallest absolute Gasteiger partial charge is 0.214 e. The van der Waals surface area contributed by atoms with Gasteiger partial charge in [0.25, 0.3) is 0 Å². The van der Waals surface area contributed by atoms with Gasteiger partial charge in [0.1, 0.15) is 0 Å². The molecule has 0 aromatic carbocycles. The first-order chi connectivity index (χ1) is 8.59. The van der Waals surface area contributed by atoms with E-state index in [0.717, 1.165) is 30.8 Å². The second-order valence-electron chi connectivity index (χ2n) is 4.64. The maximum absolute atomic E-state index is 12.2. The first kappa shape index (κ1) is 16.9. The quantitative estimate of drug-likeness (QED) is 0.897. The van der Waals surface area contributed by atoms with Gasteiger partial charge in [-0.15, -0.1) is 23.7 Å². The Bertz CT molecular complexity index is 456. The Morgan fingerprint density at radius 2 is 2.11 bits per heavy atom. The molecule has 1 N–H and O–H groups in total. The maximum atomic E-state index is 12.2. The Balaban J connectivity index is 0.00000180. The molecule has 1 saturated heterocycles. The summed E-state index contributed by atoms with van der Waals surface area (Å²) in [6, 6.07) is 4.12. The number of piperidine rings is 1.